The molecule has 0 spiro atoms. The first-order chi connectivity index (χ1) is 11.1. The topological polar surface area (TPSA) is 60.4 Å². The fraction of sp³-hybridized carbons (Fsp3) is 0.118. The first-order valence-electron chi connectivity index (χ1n) is 7.15. The second-order valence-corrected chi connectivity index (χ2v) is 6.33. The van der Waals surface area contributed by atoms with Crippen LogP contribution in [0.3, 0.4) is 0 Å². The van der Waals surface area contributed by atoms with E-state index in [0.29, 0.717) is 21.1 Å². The minimum absolute atomic E-state index is 0.123. The molecular formula is C17H13N3O2S. The van der Waals surface area contributed by atoms with E-state index in [4.69, 9.17) is 4.42 Å². The van der Waals surface area contributed by atoms with Crippen LogP contribution < -0.4 is 10.1 Å². The van der Waals surface area contributed by atoms with Crippen molar-refractivity contribution in [2.45, 2.75) is 13.8 Å². The molecule has 0 fully saturated rings. The molecule has 3 aromatic heterocycles. The molecule has 0 aliphatic heterocycles. The van der Waals surface area contributed by atoms with Crippen molar-refractivity contribution in [1.82, 2.24) is 14.6 Å². The average molecular weight is 323 g/mol. The van der Waals surface area contributed by atoms with Crippen LogP contribution in [0.5, 0.6) is 0 Å². The molecule has 5 nitrogen and oxygen atoms in total. The van der Waals surface area contributed by atoms with Gasteiger partial charge >= 0.3 is 0 Å². The summed E-state index contributed by atoms with van der Waals surface area (Å²) in [5, 5.41) is 8.33. The fourth-order valence-corrected chi connectivity index (χ4v) is 3.41. The molecule has 0 aliphatic rings. The highest BCUT2D eigenvalue weighted by Crippen LogP contribution is 2.21. The van der Waals surface area contributed by atoms with E-state index in [-0.39, 0.29) is 5.56 Å². The second-order valence-electron chi connectivity index (χ2n) is 5.32. The largest absolute Gasteiger partial charge is 0.462 e. The number of rotatable bonds is 2. The van der Waals surface area contributed by atoms with Gasteiger partial charge in [-0.15, -0.1) is 10.2 Å². The Morgan fingerprint density at radius 1 is 1.13 bits per heavy atom. The maximum Gasteiger partial charge on any atom is 0.276 e. The summed E-state index contributed by atoms with van der Waals surface area (Å²) in [4.78, 5) is 13.3. The Hall–Kier alpha value is -2.73. The third-order valence-electron chi connectivity index (χ3n) is 3.67. The molecule has 6 heteroatoms. The number of hydrogen-bond donors (Lipinski definition) is 0. The highest BCUT2D eigenvalue weighted by molar-refractivity contribution is 7.15. The van der Waals surface area contributed by atoms with Crippen molar-refractivity contribution in [3.05, 3.63) is 68.4 Å². The third-order valence-corrected chi connectivity index (χ3v) is 4.63. The highest BCUT2D eigenvalue weighted by atomic mass is 32.1. The monoisotopic (exact) mass is 323 g/mol. The Labute approximate surface area is 135 Å². The summed E-state index contributed by atoms with van der Waals surface area (Å²) in [6.07, 6.45) is 1.75. The molecule has 0 saturated heterocycles. The van der Waals surface area contributed by atoms with E-state index in [1.54, 1.807) is 10.5 Å². The summed E-state index contributed by atoms with van der Waals surface area (Å²) in [7, 11) is 0. The zero-order valence-corrected chi connectivity index (χ0v) is 13.4. The maximum absolute atomic E-state index is 12.7. The van der Waals surface area contributed by atoms with E-state index in [1.165, 1.54) is 11.3 Å². The lowest BCUT2D eigenvalue weighted by atomic mass is 10.1. The number of fused-ring (bicyclic) bond motifs is 1. The lowest BCUT2D eigenvalue weighted by Gasteiger charge is -2.00. The zero-order chi connectivity index (χ0) is 16.0. The van der Waals surface area contributed by atoms with Crippen LogP contribution in [0.15, 0.2) is 45.6 Å². The standard InChI is InChI=1S/C17H13N3O2S/c1-10-5-3-4-6-13(10)15-18-19-17-20(15)16(21)14(23-17)9-12-8-7-11(2)22-12/h3-9H,1-2H3/b14-9-. The third kappa shape index (κ3) is 2.27. The van der Waals surface area contributed by atoms with Gasteiger partial charge in [0.25, 0.3) is 5.56 Å². The lowest BCUT2D eigenvalue weighted by molar-refractivity contribution is 0.525. The Bertz CT molecular complexity index is 1120. The SMILES string of the molecule is Cc1ccc(/C=c2\sc3nnc(-c4ccccc4C)n3c2=O)o1. The molecule has 0 bridgehead atoms. The van der Waals surface area contributed by atoms with Crippen molar-refractivity contribution in [1.29, 1.82) is 0 Å². The fourth-order valence-electron chi connectivity index (χ4n) is 2.52. The first kappa shape index (κ1) is 13.9. The number of furan rings is 1. The molecule has 23 heavy (non-hydrogen) atoms. The zero-order valence-electron chi connectivity index (χ0n) is 12.6. The molecular weight excluding hydrogens is 310 g/mol. The molecule has 0 saturated carbocycles. The number of nitrogens with zero attached hydrogens (tertiary/aromatic N) is 3. The van der Waals surface area contributed by atoms with Gasteiger partial charge in [-0.1, -0.05) is 35.6 Å². The van der Waals surface area contributed by atoms with Gasteiger partial charge in [-0.25, -0.2) is 4.40 Å². The minimum atomic E-state index is -0.123. The van der Waals surface area contributed by atoms with Gasteiger partial charge in [-0.2, -0.15) is 0 Å². The van der Waals surface area contributed by atoms with Crippen LogP contribution in [-0.2, 0) is 0 Å². The lowest BCUT2D eigenvalue weighted by Crippen LogP contribution is -2.23. The van der Waals surface area contributed by atoms with Crippen LogP contribution in [0.2, 0.25) is 0 Å². The molecule has 4 aromatic rings. The smallest absolute Gasteiger partial charge is 0.276 e. The minimum Gasteiger partial charge on any atom is -0.462 e. The molecule has 0 atom stereocenters. The van der Waals surface area contributed by atoms with E-state index in [0.717, 1.165) is 16.9 Å². The van der Waals surface area contributed by atoms with Crippen LogP contribution in [0.1, 0.15) is 17.1 Å². The number of hydrogen-bond acceptors (Lipinski definition) is 5. The van der Waals surface area contributed by atoms with Crippen molar-refractivity contribution < 1.29 is 4.42 Å². The molecule has 0 aliphatic carbocycles. The predicted molar refractivity (Wildman–Crippen MR) is 89.5 cm³/mol. The number of benzene rings is 1. The normalized spacial score (nSPS) is 12.3. The Kier molecular flexibility index (Phi) is 3.12. The number of aryl methyl sites for hydroxylation is 2. The Morgan fingerprint density at radius 3 is 2.70 bits per heavy atom. The first-order valence-corrected chi connectivity index (χ1v) is 7.97. The summed E-state index contributed by atoms with van der Waals surface area (Å²) in [6, 6.07) is 11.5. The predicted octanol–water partition coefficient (Wildman–Crippen LogP) is 2.58. The van der Waals surface area contributed by atoms with Gasteiger partial charge in [0, 0.05) is 11.6 Å². The summed E-state index contributed by atoms with van der Waals surface area (Å²) in [6.45, 7) is 3.86. The molecule has 4 rings (SSSR count). The molecule has 0 unspecified atom stereocenters. The molecule has 0 N–H and O–H groups in total. The molecule has 0 radical (unpaired) electrons. The van der Waals surface area contributed by atoms with Gasteiger partial charge in [-0.05, 0) is 31.5 Å². The quantitative estimate of drug-likeness (QED) is 0.569. The highest BCUT2D eigenvalue weighted by Gasteiger charge is 2.15. The van der Waals surface area contributed by atoms with E-state index >= 15 is 0 Å². The average Bonchev–Trinajstić information content (AvgIpc) is 3.19. The number of thiazole rings is 1. The van der Waals surface area contributed by atoms with Crippen molar-refractivity contribution >= 4 is 22.4 Å². The summed E-state index contributed by atoms with van der Waals surface area (Å²) in [5.41, 5.74) is 1.84. The van der Waals surface area contributed by atoms with Gasteiger partial charge in [0.05, 0.1) is 0 Å². The van der Waals surface area contributed by atoms with E-state index in [9.17, 15) is 4.79 Å². The van der Waals surface area contributed by atoms with E-state index in [2.05, 4.69) is 10.2 Å². The summed E-state index contributed by atoms with van der Waals surface area (Å²) in [5.74, 6) is 2.05. The van der Waals surface area contributed by atoms with Crippen LogP contribution >= 0.6 is 11.3 Å². The van der Waals surface area contributed by atoms with Crippen molar-refractivity contribution in [2.75, 3.05) is 0 Å². The van der Waals surface area contributed by atoms with Crippen molar-refractivity contribution in [2.24, 2.45) is 0 Å². The summed E-state index contributed by atoms with van der Waals surface area (Å²) < 4.78 is 7.66. The summed E-state index contributed by atoms with van der Waals surface area (Å²) >= 11 is 1.31. The Morgan fingerprint density at radius 2 is 1.96 bits per heavy atom. The van der Waals surface area contributed by atoms with Crippen molar-refractivity contribution in [3.63, 3.8) is 0 Å². The number of aromatic nitrogens is 3. The Balaban J connectivity index is 1.96. The van der Waals surface area contributed by atoms with E-state index < -0.39 is 0 Å². The van der Waals surface area contributed by atoms with Crippen molar-refractivity contribution in [3.8, 4) is 11.4 Å². The van der Waals surface area contributed by atoms with Crippen LogP contribution in [0.25, 0.3) is 22.4 Å². The van der Waals surface area contributed by atoms with Gasteiger partial charge in [0.2, 0.25) is 4.96 Å². The maximum atomic E-state index is 12.7. The molecule has 114 valence electrons. The molecule has 0 amide bonds. The van der Waals surface area contributed by atoms with Crippen LogP contribution in [0, 0.1) is 13.8 Å². The molecule has 3 heterocycles. The second kappa shape index (κ2) is 5.17. The van der Waals surface area contributed by atoms with Gasteiger partial charge in [-0.3, -0.25) is 4.79 Å². The van der Waals surface area contributed by atoms with E-state index in [1.807, 2.05) is 50.2 Å². The van der Waals surface area contributed by atoms with Gasteiger partial charge in [0.15, 0.2) is 5.82 Å². The molecule has 1 aromatic carbocycles. The van der Waals surface area contributed by atoms with Gasteiger partial charge in [0.1, 0.15) is 16.1 Å². The van der Waals surface area contributed by atoms with Crippen LogP contribution in [0.4, 0.5) is 0 Å². The van der Waals surface area contributed by atoms with Gasteiger partial charge < -0.3 is 4.42 Å². The van der Waals surface area contributed by atoms with Crippen LogP contribution in [-0.4, -0.2) is 14.6 Å².